The van der Waals surface area contributed by atoms with Crippen molar-refractivity contribution in [2.45, 2.75) is 44.6 Å². The second-order valence-electron chi connectivity index (χ2n) is 8.88. The molecule has 1 spiro atoms. The summed E-state index contributed by atoms with van der Waals surface area (Å²) in [7, 11) is 0. The standard InChI is InChI=1S/C25H29FN2O4/c1-18-2-7-22-23(14-18)30-17-21(28(22)16-19-3-5-20(26)6-4-19)15-24(29)27-10-8-25(9-11-27)31-12-13-32-25/h2-7,14,21H,8-13,15-17H2,1H3/t21-/m1/s1. The van der Waals surface area contributed by atoms with Crippen LogP contribution in [0.1, 0.15) is 30.4 Å². The molecule has 1 amide bonds. The number of rotatable bonds is 4. The lowest BCUT2D eigenvalue weighted by Crippen LogP contribution is -2.50. The zero-order valence-corrected chi connectivity index (χ0v) is 18.4. The summed E-state index contributed by atoms with van der Waals surface area (Å²) in [6, 6.07) is 12.6. The number of carbonyl (C=O) groups is 1. The first kappa shape index (κ1) is 21.2. The fourth-order valence-corrected chi connectivity index (χ4v) is 4.83. The molecule has 0 aromatic heterocycles. The maximum absolute atomic E-state index is 13.4. The molecule has 0 aliphatic carbocycles. The second kappa shape index (κ2) is 8.71. The van der Waals surface area contributed by atoms with Gasteiger partial charge in [-0.2, -0.15) is 0 Å². The molecule has 2 saturated heterocycles. The van der Waals surface area contributed by atoms with Gasteiger partial charge in [-0.25, -0.2) is 4.39 Å². The van der Waals surface area contributed by atoms with Gasteiger partial charge in [-0.05, 0) is 42.3 Å². The molecule has 2 aromatic rings. The fourth-order valence-electron chi connectivity index (χ4n) is 4.83. The summed E-state index contributed by atoms with van der Waals surface area (Å²) in [6.45, 7) is 5.59. The summed E-state index contributed by atoms with van der Waals surface area (Å²) in [5.41, 5.74) is 3.08. The van der Waals surface area contributed by atoms with E-state index in [0.29, 0.717) is 58.7 Å². The van der Waals surface area contributed by atoms with Gasteiger partial charge in [0, 0.05) is 32.5 Å². The Hall–Kier alpha value is -2.64. The van der Waals surface area contributed by atoms with Crippen molar-refractivity contribution in [2.24, 2.45) is 0 Å². The Balaban J connectivity index is 1.31. The molecule has 0 saturated carbocycles. The van der Waals surface area contributed by atoms with E-state index in [-0.39, 0.29) is 17.8 Å². The Labute approximate surface area is 187 Å². The molecule has 3 aliphatic rings. The normalized spacial score (nSPS) is 22.0. The van der Waals surface area contributed by atoms with E-state index in [2.05, 4.69) is 11.0 Å². The number of carbonyl (C=O) groups excluding carboxylic acids is 1. The van der Waals surface area contributed by atoms with Crippen LogP contribution in [0.15, 0.2) is 42.5 Å². The summed E-state index contributed by atoms with van der Waals surface area (Å²) >= 11 is 0. The van der Waals surface area contributed by atoms with Crippen molar-refractivity contribution in [1.82, 2.24) is 4.90 Å². The summed E-state index contributed by atoms with van der Waals surface area (Å²) < 4.78 is 31.0. The number of likely N-dealkylation sites (tertiary alicyclic amines) is 1. The van der Waals surface area contributed by atoms with Gasteiger partial charge < -0.3 is 24.0 Å². The van der Waals surface area contributed by atoms with Crippen molar-refractivity contribution < 1.29 is 23.4 Å². The number of anilines is 1. The lowest BCUT2D eigenvalue weighted by Gasteiger charge is -2.41. The molecule has 170 valence electrons. The van der Waals surface area contributed by atoms with Crippen LogP contribution in [0.25, 0.3) is 0 Å². The molecule has 1 atom stereocenters. The summed E-state index contributed by atoms with van der Waals surface area (Å²) in [5, 5.41) is 0. The van der Waals surface area contributed by atoms with Crippen LogP contribution >= 0.6 is 0 Å². The van der Waals surface area contributed by atoms with E-state index in [1.165, 1.54) is 12.1 Å². The number of piperidine rings is 1. The van der Waals surface area contributed by atoms with Crippen LogP contribution in [0.2, 0.25) is 0 Å². The fraction of sp³-hybridized carbons (Fsp3) is 0.480. The van der Waals surface area contributed by atoms with Gasteiger partial charge in [0.15, 0.2) is 5.79 Å². The Morgan fingerprint density at radius 1 is 1.09 bits per heavy atom. The predicted octanol–water partition coefficient (Wildman–Crippen LogP) is 3.66. The number of amides is 1. The Kier molecular flexibility index (Phi) is 5.78. The van der Waals surface area contributed by atoms with E-state index < -0.39 is 5.79 Å². The molecule has 0 N–H and O–H groups in total. The Bertz CT molecular complexity index is 964. The number of benzene rings is 2. The van der Waals surface area contributed by atoms with Crippen LogP contribution in [-0.4, -0.2) is 55.5 Å². The Morgan fingerprint density at radius 3 is 2.53 bits per heavy atom. The number of nitrogens with zero attached hydrogens (tertiary/aromatic N) is 2. The minimum absolute atomic E-state index is 0.0994. The lowest BCUT2D eigenvalue weighted by molar-refractivity contribution is -0.187. The van der Waals surface area contributed by atoms with Gasteiger partial charge in [-0.15, -0.1) is 0 Å². The highest BCUT2D eigenvalue weighted by Crippen LogP contribution is 2.37. The monoisotopic (exact) mass is 440 g/mol. The van der Waals surface area contributed by atoms with Crippen LogP contribution in [0.4, 0.5) is 10.1 Å². The summed E-state index contributed by atoms with van der Waals surface area (Å²) in [4.78, 5) is 17.3. The van der Waals surface area contributed by atoms with Crippen molar-refractivity contribution in [1.29, 1.82) is 0 Å². The zero-order chi connectivity index (χ0) is 22.1. The zero-order valence-electron chi connectivity index (χ0n) is 18.4. The molecule has 2 fully saturated rings. The van der Waals surface area contributed by atoms with Gasteiger partial charge in [-0.3, -0.25) is 4.79 Å². The molecule has 2 aromatic carbocycles. The minimum Gasteiger partial charge on any atom is -0.489 e. The first-order valence-electron chi connectivity index (χ1n) is 11.3. The van der Waals surface area contributed by atoms with E-state index >= 15 is 0 Å². The van der Waals surface area contributed by atoms with Crippen molar-refractivity contribution in [3.63, 3.8) is 0 Å². The van der Waals surface area contributed by atoms with E-state index in [9.17, 15) is 9.18 Å². The molecule has 0 bridgehead atoms. The van der Waals surface area contributed by atoms with E-state index in [4.69, 9.17) is 14.2 Å². The van der Waals surface area contributed by atoms with Crippen molar-refractivity contribution >= 4 is 11.6 Å². The number of ether oxygens (including phenoxy) is 3. The summed E-state index contributed by atoms with van der Waals surface area (Å²) in [5.74, 6) is 0.199. The number of aryl methyl sites for hydroxylation is 1. The van der Waals surface area contributed by atoms with Crippen LogP contribution in [0, 0.1) is 12.7 Å². The first-order valence-corrected chi connectivity index (χ1v) is 11.3. The number of hydrogen-bond acceptors (Lipinski definition) is 5. The maximum atomic E-state index is 13.4. The van der Waals surface area contributed by atoms with Crippen LogP contribution in [0.5, 0.6) is 5.75 Å². The van der Waals surface area contributed by atoms with Crippen molar-refractivity contribution in [3.05, 3.63) is 59.4 Å². The molecular formula is C25H29FN2O4. The van der Waals surface area contributed by atoms with Crippen molar-refractivity contribution in [3.8, 4) is 5.75 Å². The van der Waals surface area contributed by atoms with Gasteiger partial charge in [0.25, 0.3) is 0 Å². The molecule has 6 nitrogen and oxygen atoms in total. The van der Waals surface area contributed by atoms with E-state index in [1.807, 2.05) is 24.0 Å². The molecule has 7 heteroatoms. The van der Waals surface area contributed by atoms with Gasteiger partial charge in [-0.1, -0.05) is 18.2 Å². The average Bonchev–Trinajstić information content (AvgIpc) is 3.25. The Morgan fingerprint density at radius 2 is 1.81 bits per heavy atom. The molecular weight excluding hydrogens is 411 g/mol. The smallest absolute Gasteiger partial charge is 0.224 e. The molecule has 3 heterocycles. The summed E-state index contributed by atoms with van der Waals surface area (Å²) in [6.07, 6.45) is 1.78. The molecule has 5 rings (SSSR count). The van der Waals surface area contributed by atoms with Crippen LogP contribution < -0.4 is 9.64 Å². The third kappa shape index (κ3) is 4.32. The molecule has 32 heavy (non-hydrogen) atoms. The maximum Gasteiger partial charge on any atom is 0.224 e. The van der Waals surface area contributed by atoms with Crippen LogP contribution in [0.3, 0.4) is 0 Å². The molecule has 0 unspecified atom stereocenters. The molecule has 3 aliphatic heterocycles. The lowest BCUT2D eigenvalue weighted by atomic mass is 10.0. The topological polar surface area (TPSA) is 51.2 Å². The highest BCUT2D eigenvalue weighted by Gasteiger charge is 2.41. The SMILES string of the molecule is Cc1ccc2c(c1)OC[C@@H](CC(=O)N1CCC3(CC1)OCCO3)N2Cc1ccc(F)cc1. The third-order valence-corrected chi connectivity index (χ3v) is 6.66. The highest BCUT2D eigenvalue weighted by atomic mass is 19.1. The van der Waals surface area contributed by atoms with Gasteiger partial charge in [0.1, 0.15) is 18.2 Å². The second-order valence-corrected chi connectivity index (χ2v) is 8.88. The van der Waals surface area contributed by atoms with Crippen molar-refractivity contribution in [2.75, 3.05) is 37.8 Å². The average molecular weight is 441 g/mol. The van der Waals surface area contributed by atoms with Gasteiger partial charge >= 0.3 is 0 Å². The third-order valence-electron chi connectivity index (χ3n) is 6.66. The van der Waals surface area contributed by atoms with E-state index in [1.54, 1.807) is 12.1 Å². The van der Waals surface area contributed by atoms with E-state index in [0.717, 1.165) is 22.6 Å². The van der Waals surface area contributed by atoms with Gasteiger partial charge in [0.2, 0.25) is 5.91 Å². The quantitative estimate of drug-likeness (QED) is 0.726. The molecule has 0 radical (unpaired) electrons. The number of hydrogen-bond donors (Lipinski definition) is 0. The van der Waals surface area contributed by atoms with Crippen LogP contribution in [-0.2, 0) is 20.8 Å². The predicted molar refractivity (Wildman–Crippen MR) is 118 cm³/mol. The number of fused-ring (bicyclic) bond motifs is 1. The highest BCUT2D eigenvalue weighted by molar-refractivity contribution is 5.78. The first-order chi connectivity index (χ1) is 15.5. The largest absolute Gasteiger partial charge is 0.489 e. The van der Waals surface area contributed by atoms with Gasteiger partial charge in [0.05, 0.1) is 31.4 Å². The number of halogens is 1. The minimum atomic E-state index is -0.490.